The van der Waals surface area contributed by atoms with Gasteiger partial charge in [0.25, 0.3) is 0 Å². The molecule has 1 fully saturated rings. The Morgan fingerprint density at radius 2 is 1.72 bits per heavy atom. The average molecular weight is 369 g/mol. The number of benzene rings is 1. The molecule has 1 amide bonds. The maximum Gasteiger partial charge on any atom is 0.315 e. The van der Waals surface area contributed by atoms with Crippen LogP contribution in [-0.4, -0.2) is 69.3 Å². The quantitative estimate of drug-likeness (QED) is 0.580. The molecule has 0 spiro atoms. The van der Waals surface area contributed by atoms with Gasteiger partial charge < -0.3 is 15.0 Å². The molecule has 1 aliphatic heterocycles. The molecule has 0 aliphatic carbocycles. The van der Waals surface area contributed by atoms with E-state index in [2.05, 4.69) is 10.2 Å². The van der Waals surface area contributed by atoms with Crippen LogP contribution in [0.25, 0.3) is 0 Å². The Kier molecular flexibility index (Phi) is 6.51. The van der Waals surface area contributed by atoms with Crippen LogP contribution < -0.4 is 5.32 Å². The Hall–Kier alpha value is -1.97. The summed E-state index contributed by atoms with van der Waals surface area (Å²) in [4.78, 5) is 25.2. The second-order valence-corrected chi connectivity index (χ2v) is 7.70. The van der Waals surface area contributed by atoms with Crippen molar-refractivity contribution < 1.29 is 22.7 Å². The molecule has 1 aromatic rings. The number of nitrogens with zero attached hydrogens (tertiary/aromatic N) is 2. The number of likely N-dealkylation sites (N-methyl/N-ethyl adjacent to an activating group) is 1. The Morgan fingerprint density at radius 1 is 1.12 bits per heavy atom. The average Bonchev–Trinajstić information content (AvgIpc) is 2.55. The van der Waals surface area contributed by atoms with Crippen LogP contribution in [0.5, 0.6) is 0 Å². The summed E-state index contributed by atoms with van der Waals surface area (Å²) in [6.07, 6.45) is -0.380. The lowest BCUT2D eigenvalue weighted by Crippen LogP contribution is -2.46. The first kappa shape index (κ1) is 19.4. The van der Waals surface area contributed by atoms with E-state index in [1.807, 2.05) is 7.05 Å². The van der Waals surface area contributed by atoms with Crippen LogP contribution in [0.4, 0.5) is 5.69 Å². The fourth-order valence-electron chi connectivity index (χ4n) is 2.44. The second kappa shape index (κ2) is 8.41. The number of rotatable bonds is 6. The van der Waals surface area contributed by atoms with E-state index in [4.69, 9.17) is 4.74 Å². The zero-order chi connectivity index (χ0) is 18.4. The Bertz CT molecular complexity index is 710. The predicted molar refractivity (Wildman–Crippen MR) is 92.6 cm³/mol. The number of amides is 1. The van der Waals surface area contributed by atoms with Gasteiger partial charge in [-0.3, -0.25) is 9.59 Å². The van der Waals surface area contributed by atoms with Gasteiger partial charge in [-0.15, -0.1) is 0 Å². The van der Waals surface area contributed by atoms with Gasteiger partial charge in [-0.1, -0.05) is 0 Å². The highest BCUT2D eigenvalue weighted by molar-refractivity contribution is 7.89. The van der Waals surface area contributed by atoms with E-state index in [-0.39, 0.29) is 17.9 Å². The zero-order valence-electron chi connectivity index (χ0n) is 14.4. The molecule has 0 bridgehead atoms. The van der Waals surface area contributed by atoms with Crippen LogP contribution >= 0.6 is 0 Å². The summed E-state index contributed by atoms with van der Waals surface area (Å²) < 4.78 is 31.4. The highest BCUT2D eigenvalue weighted by Crippen LogP contribution is 2.19. The van der Waals surface area contributed by atoms with Crippen molar-refractivity contribution in [2.75, 3.05) is 45.2 Å². The van der Waals surface area contributed by atoms with Crippen molar-refractivity contribution in [1.29, 1.82) is 0 Å². The third-order valence-corrected chi connectivity index (χ3v) is 5.76. The maximum absolute atomic E-state index is 12.6. The van der Waals surface area contributed by atoms with Crippen molar-refractivity contribution >= 4 is 27.6 Å². The van der Waals surface area contributed by atoms with Crippen LogP contribution in [0.15, 0.2) is 29.2 Å². The van der Waals surface area contributed by atoms with Crippen molar-refractivity contribution in [2.45, 2.75) is 18.2 Å². The Balaban J connectivity index is 1.99. The standard InChI is InChI=1S/C16H23N3O5S/c1-3-24-16(21)12-15(20)17-13-4-6-14(7-5-13)25(22,23)19-10-8-18(2)9-11-19/h4-7H,3,8-12H2,1-2H3,(H,17,20). The molecule has 1 aliphatic rings. The molecular weight excluding hydrogens is 346 g/mol. The summed E-state index contributed by atoms with van der Waals surface area (Å²) in [5.74, 6) is -1.11. The highest BCUT2D eigenvalue weighted by atomic mass is 32.2. The zero-order valence-corrected chi connectivity index (χ0v) is 15.2. The SMILES string of the molecule is CCOC(=O)CC(=O)Nc1ccc(S(=O)(=O)N2CCN(C)CC2)cc1. The van der Waals surface area contributed by atoms with Gasteiger partial charge in [-0.2, -0.15) is 4.31 Å². The van der Waals surface area contributed by atoms with Gasteiger partial charge >= 0.3 is 5.97 Å². The molecular formula is C16H23N3O5S. The summed E-state index contributed by atoms with van der Waals surface area (Å²) >= 11 is 0. The predicted octanol–water partition coefficient (Wildman–Crippen LogP) is 0.514. The molecule has 1 aromatic carbocycles. The second-order valence-electron chi connectivity index (χ2n) is 5.76. The summed E-state index contributed by atoms with van der Waals surface area (Å²) in [6, 6.07) is 5.92. The Labute approximate surface area is 147 Å². The largest absolute Gasteiger partial charge is 0.466 e. The van der Waals surface area contributed by atoms with E-state index in [0.29, 0.717) is 31.9 Å². The summed E-state index contributed by atoms with van der Waals surface area (Å²) in [7, 11) is -1.58. The minimum Gasteiger partial charge on any atom is -0.466 e. The number of hydrogen-bond donors (Lipinski definition) is 1. The first-order valence-corrected chi connectivity index (χ1v) is 9.51. The molecule has 2 rings (SSSR count). The van der Waals surface area contributed by atoms with E-state index in [1.54, 1.807) is 6.92 Å². The summed E-state index contributed by atoms with van der Waals surface area (Å²) in [5, 5.41) is 2.54. The number of piperazine rings is 1. The number of ether oxygens (including phenoxy) is 1. The van der Waals surface area contributed by atoms with Gasteiger partial charge in [0.1, 0.15) is 6.42 Å². The fourth-order valence-corrected chi connectivity index (χ4v) is 3.86. The van der Waals surface area contributed by atoms with E-state index < -0.39 is 21.9 Å². The van der Waals surface area contributed by atoms with E-state index in [0.717, 1.165) is 0 Å². The van der Waals surface area contributed by atoms with E-state index in [9.17, 15) is 18.0 Å². The number of esters is 1. The van der Waals surface area contributed by atoms with Crippen LogP contribution in [0.2, 0.25) is 0 Å². The molecule has 1 saturated heterocycles. The molecule has 138 valence electrons. The topological polar surface area (TPSA) is 96.0 Å². The lowest BCUT2D eigenvalue weighted by Gasteiger charge is -2.31. The lowest BCUT2D eigenvalue weighted by atomic mass is 10.3. The molecule has 0 aromatic heterocycles. The molecule has 1 heterocycles. The molecule has 0 atom stereocenters. The minimum atomic E-state index is -3.54. The van der Waals surface area contributed by atoms with Gasteiger partial charge in [0.15, 0.2) is 0 Å². The normalized spacial score (nSPS) is 16.4. The van der Waals surface area contributed by atoms with Crippen molar-refractivity contribution in [3.8, 4) is 0 Å². The van der Waals surface area contributed by atoms with Gasteiger partial charge in [-0.05, 0) is 38.2 Å². The number of carbonyl (C=O) groups excluding carboxylic acids is 2. The van der Waals surface area contributed by atoms with E-state index >= 15 is 0 Å². The van der Waals surface area contributed by atoms with Crippen molar-refractivity contribution in [1.82, 2.24) is 9.21 Å². The van der Waals surface area contributed by atoms with E-state index in [1.165, 1.54) is 28.6 Å². The molecule has 0 radical (unpaired) electrons. The number of nitrogens with one attached hydrogen (secondary N) is 1. The third-order valence-electron chi connectivity index (χ3n) is 3.85. The monoisotopic (exact) mass is 369 g/mol. The molecule has 0 unspecified atom stereocenters. The van der Waals surface area contributed by atoms with Crippen molar-refractivity contribution in [3.05, 3.63) is 24.3 Å². The minimum absolute atomic E-state index is 0.181. The first-order valence-electron chi connectivity index (χ1n) is 8.07. The molecule has 1 N–H and O–H groups in total. The number of hydrogen-bond acceptors (Lipinski definition) is 6. The number of anilines is 1. The fraction of sp³-hybridized carbons (Fsp3) is 0.500. The molecule has 8 nitrogen and oxygen atoms in total. The van der Waals surface area contributed by atoms with Crippen molar-refractivity contribution in [3.63, 3.8) is 0 Å². The van der Waals surface area contributed by atoms with Gasteiger partial charge in [-0.25, -0.2) is 8.42 Å². The lowest BCUT2D eigenvalue weighted by molar-refractivity contribution is -0.145. The Morgan fingerprint density at radius 3 is 2.28 bits per heavy atom. The molecule has 9 heteroatoms. The van der Waals surface area contributed by atoms with Crippen LogP contribution in [0.1, 0.15) is 13.3 Å². The number of sulfonamides is 1. The molecule has 25 heavy (non-hydrogen) atoms. The van der Waals surface area contributed by atoms with Crippen LogP contribution in [0, 0.1) is 0 Å². The first-order chi connectivity index (χ1) is 11.8. The highest BCUT2D eigenvalue weighted by Gasteiger charge is 2.27. The third kappa shape index (κ3) is 5.25. The summed E-state index contributed by atoms with van der Waals surface area (Å²) in [5.41, 5.74) is 0.423. The van der Waals surface area contributed by atoms with Crippen molar-refractivity contribution in [2.24, 2.45) is 0 Å². The van der Waals surface area contributed by atoms with Crippen LogP contribution in [-0.2, 0) is 24.3 Å². The maximum atomic E-state index is 12.6. The van der Waals surface area contributed by atoms with Gasteiger partial charge in [0.05, 0.1) is 11.5 Å². The van der Waals surface area contributed by atoms with Gasteiger partial charge in [0, 0.05) is 31.9 Å². The van der Waals surface area contributed by atoms with Crippen LogP contribution in [0.3, 0.4) is 0 Å². The summed E-state index contributed by atoms with van der Waals surface area (Å²) in [6.45, 7) is 4.18. The number of carbonyl (C=O) groups is 2. The smallest absolute Gasteiger partial charge is 0.315 e. The molecule has 0 saturated carbocycles. The van der Waals surface area contributed by atoms with Gasteiger partial charge in [0.2, 0.25) is 15.9 Å².